The quantitative estimate of drug-likeness (QED) is 0.732. The molecule has 0 fully saturated rings. The number of rotatable bonds is 2. The molecule has 2 heterocycles. The lowest BCUT2D eigenvalue weighted by Crippen LogP contribution is -2.05. The number of hydrogen-bond acceptors (Lipinski definition) is 2. The SMILES string of the molecule is Cc1cnn(-c2c(CCl)c(C)nn2C)c1. The lowest BCUT2D eigenvalue weighted by atomic mass is 10.3. The Bertz CT molecular complexity index is 484. The molecule has 5 heteroatoms. The third-order valence-electron chi connectivity index (χ3n) is 2.38. The van der Waals surface area contributed by atoms with E-state index in [0.29, 0.717) is 5.88 Å². The van der Waals surface area contributed by atoms with Crippen LogP contribution >= 0.6 is 11.6 Å². The van der Waals surface area contributed by atoms with Gasteiger partial charge >= 0.3 is 0 Å². The van der Waals surface area contributed by atoms with E-state index in [1.807, 2.05) is 38.0 Å². The molecule has 0 aliphatic rings. The Hall–Kier alpha value is -1.29. The van der Waals surface area contributed by atoms with Crippen molar-refractivity contribution in [2.24, 2.45) is 7.05 Å². The Morgan fingerprint density at radius 2 is 2.13 bits per heavy atom. The minimum absolute atomic E-state index is 0.452. The summed E-state index contributed by atoms with van der Waals surface area (Å²) in [6.07, 6.45) is 3.78. The Morgan fingerprint density at radius 3 is 2.67 bits per heavy atom. The number of nitrogens with zero attached hydrogens (tertiary/aromatic N) is 4. The van der Waals surface area contributed by atoms with Crippen molar-refractivity contribution in [1.29, 1.82) is 0 Å². The first-order chi connectivity index (χ1) is 7.13. The van der Waals surface area contributed by atoms with Crippen LogP contribution in [0.25, 0.3) is 5.82 Å². The molecule has 0 unspecified atom stereocenters. The van der Waals surface area contributed by atoms with Crippen LogP contribution in [-0.4, -0.2) is 19.6 Å². The molecular weight excluding hydrogens is 212 g/mol. The molecule has 0 aromatic carbocycles. The van der Waals surface area contributed by atoms with Crippen molar-refractivity contribution in [3.8, 4) is 5.82 Å². The van der Waals surface area contributed by atoms with E-state index in [9.17, 15) is 0 Å². The van der Waals surface area contributed by atoms with Gasteiger partial charge in [-0.05, 0) is 19.4 Å². The van der Waals surface area contributed by atoms with Gasteiger partial charge in [-0.3, -0.25) is 4.68 Å². The van der Waals surface area contributed by atoms with Crippen molar-refractivity contribution in [2.75, 3.05) is 0 Å². The zero-order chi connectivity index (χ0) is 11.0. The van der Waals surface area contributed by atoms with Gasteiger partial charge in [0.05, 0.1) is 17.8 Å². The van der Waals surface area contributed by atoms with E-state index < -0.39 is 0 Å². The molecule has 4 nitrogen and oxygen atoms in total. The average molecular weight is 225 g/mol. The third-order valence-corrected chi connectivity index (χ3v) is 2.64. The zero-order valence-corrected chi connectivity index (χ0v) is 9.78. The van der Waals surface area contributed by atoms with Gasteiger partial charge in [-0.25, -0.2) is 4.68 Å². The van der Waals surface area contributed by atoms with Crippen molar-refractivity contribution in [3.05, 3.63) is 29.2 Å². The highest BCUT2D eigenvalue weighted by Gasteiger charge is 2.14. The zero-order valence-electron chi connectivity index (χ0n) is 9.03. The van der Waals surface area contributed by atoms with Crippen molar-refractivity contribution < 1.29 is 0 Å². The molecule has 0 saturated carbocycles. The first-order valence-electron chi connectivity index (χ1n) is 4.73. The number of halogens is 1. The maximum absolute atomic E-state index is 5.91. The first-order valence-corrected chi connectivity index (χ1v) is 5.27. The van der Waals surface area contributed by atoms with Gasteiger partial charge < -0.3 is 0 Å². The molecule has 0 radical (unpaired) electrons. The maximum atomic E-state index is 5.91. The van der Waals surface area contributed by atoms with Crippen molar-refractivity contribution in [3.63, 3.8) is 0 Å². The predicted octanol–water partition coefficient (Wildman–Crippen LogP) is 1.96. The topological polar surface area (TPSA) is 35.6 Å². The second-order valence-corrected chi connectivity index (χ2v) is 3.87. The molecule has 0 N–H and O–H groups in total. The van der Waals surface area contributed by atoms with Gasteiger partial charge in [-0.1, -0.05) is 0 Å². The number of hydrogen-bond donors (Lipinski definition) is 0. The monoisotopic (exact) mass is 224 g/mol. The maximum Gasteiger partial charge on any atom is 0.156 e. The van der Waals surface area contributed by atoms with Gasteiger partial charge in [-0.2, -0.15) is 10.2 Å². The van der Waals surface area contributed by atoms with Crippen molar-refractivity contribution >= 4 is 11.6 Å². The van der Waals surface area contributed by atoms with Gasteiger partial charge in [-0.15, -0.1) is 11.6 Å². The minimum Gasteiger partial charge on any atom is -0.250 e. The molecule has 2 rings (SSSR count). The van der Waals surface area contributed by atoms with Crippen LogP contribution in [0.1, 0.15) is 16.8 Å². The molecule has 0 aliphatic carbocycles. The molecular formula is C10H13ClN4. The Morgan fingerprint density at radius 1 is 1.40 bits per heavy atom. The predicted molar refractivity (Wildman–Crippen MR) is 59.4 cm³/mol. The van der Waals surface area contributed by atoms with E-state index in [-0.39, 0.29) is 0 Å². The van der Waals surface area contributed by atoms with Crippen LogP contribution in [0.2, 0.25) is 0 Å². The summed E-state index contributed by atoms with van der Waals surface area (Å²) in [5.41, 5.74) is 3.10. The van der Waals surface area contributed by atoms with Gasteiger partial charge in [0.2, 0.25) is 0 Å². The van der Waals surface area contributed by atoms with Crippen LogP contribution in [0.3, 0.4) is 0 Å². The molecule has 0 aliphatic heterocycles. The van der Waals surface area contributed by atoms with Crippen LogP contribution in [0, 0.1) is 13.8 Å². The van der Waals surface area contributed by atoms with E-state index in [4.69, 9.17) is 11.6 Å². The summed E-state index contributed by atoms with van der Waals surface area (Å²) < 4.78 is 3.62. The van der Waals surface area contributed by atoms with E-state index in [1.165, 1.54) is 0 Å². The fourth-order valence-corrected chi connectivity index (χ4v) is 1.97. The Kier molecular flexibility index (Phi) is 2.52. The van der Waals surface area contributed by atoms with Crippen molar-refractivity contribution in [2.45, 2.75) is 19.7 Å². The van der Waals surface area contributed by atoms with Crippen LogP contribution in [0.4, 0.5) is 0 Å². The van der Waals surface area contributed by atoms with E-state index >= 15 is 0 Å². The third kappa shape index (κ3) is 1.65. The van der Waals surface area contributed by atoms with E-state index in [1.54, 1.807) is 4.68 Å². The van der Waals surface area contributed by atoms with E-state index in [2.05, 4.69) is 10.2 Å². The van der Waals surface area contributed by atoms with Crippen LogP contribution < -0.4 is 0 Å². The largest absolute Gasteiger partial charge is 0.250 e. The highest BCUT2D eigenvalue weighted by atomic mass is 35.5. The van der Waals surface area contributed by atoms with Gasteiger partial charge in [0, 0.05) is 18.8 Å². The average Bonchev–Trinajstić information content (AvgIpc) is 2.70. The summed E-state index contributed by atoms with van der Waals surface area (Å²) >= 11 is 5.91. The van der Waals surface area contributed by atoms with E-state index in [0.717, 1.165) is 22.6 Å². The molecule has 0 amide bonds. The highest BCUT2D eigenvalue weighted by molar-refractivity contribution is 6.17. The number of aryl methyl sites for hydroxylation is 3. The number of aromatic nitrogens is 4. The van der Waals surface area contributed by atoms with Gasteiger partial charge in [0.15, 0.2) is 5.82 Å². The second kappa shape index (κ2) is 3.70. The first kappa shape index (κ1) is 10.2. The van der Waals surface area contributed by atoms with Crippen LogP contribution in [-0.2, 0) is 12.9 Å². The standard InChI is InChI=1S/C10H13ClN4/c1-7-5-12-15(6-7)10-9(4-11)8(2)13-14(10)3/h5-6H,4H2,1-3H3. The van der Waals surface area contributed by atoms with Crippen molar-refractivity contribution in [1.82, 2.24) is 19.6 Å². The lowest BCUT2D eigenvalue weighted by molar-refractivity contribution is 0.692. The summed E-state index contributed by atoms with van der Waals surface area (Å²) in [6, 6.07) is 0. The molecule has 80 valence electrons. The van der Waals surface area contributed by atoms with Gasteiger partial charge in [0.1, 0.15) is 0 Å². The second-order valence-electron chi connectivity index (χ2n) is 3.61. The number of alkyl halides is 1. The fourth-order valence-electron chi connectivity index (χ4n) is 1.66. The summed E-state index contributed by atoms with van der Waals surface area (Å²) in [6.45, 7) is 3.96. The smallest absolute Gasteiger partial charge is 0.156 e. The Balaban J connectivity index is 2.61. The molecule has 15 heavy (non-hydrogen) atoms. The molecule has 0 bridgehead atoms. The summed E-state index contributed by atoms with van der Waals surface area (Å²) in [7, 11) is 1.90. The Labute approximate surface area is 93.5 Å². The molecule has 2 aromatic heterocycles. The fraction of sp³-hybridized carbons (Fsp3) is 0.400. The lowest BCUT2D eigenvalue weighted by Gasteiger charge is -2.03. The van der Waals surface area contributed by atoms with Gasteiger partial charge in [0.25, 0.3) is 0 Å². The molecule has 2 aromatic rings. The molecule has 0 saturated heterocycles. The van der Waals surface area contributed by atoms with Crippen LogP contribution in [0.5, 0.6) is 0 Å². The van der Waals surface area contributed by atoms with Crippen LogP contribution in [0.15, 0.2) is 12.4 Å². The summed E-state index contributed by atoms with van der Waals surface area (Å²) in [5, 5.41) is 8.60. The molecule has 0 spiro atoms. The normalized spacial score (nSPS) is 10.9. The highest BCUT2D eigenvalue weighted by Crippen LogP contribution is 2.19. The minimum atomic E-state index is 0.452. The molecule has 0 atom stereocenters. The summed E-state index contributed by atoms with van der Waals surface area (Å²) in [5.74, 6) is 1.39. The summed E-state index contributed by atoms with van der Waals surface area (Å²) in [4.78, 5) is 0.